The van der Waals surface area contributed by atoms with Crippen molar-refractivity contribution < 1.29 is 22.8 Å². The van der Waals surface area contributed by atoms with Crippen molar-refractivity contribution in [3.05, 3.63) is 30.1 Å². The topological polar surface area (TPSA) is 51.2 Å². The molecule has 2 bridgehead atoms. The van der Waals surface area contributed by atoms with Gasteiger partial charge in [-0.3, -0.25) is 0 Å². The third-order valence-electron chi connectivity index (χ3n) is 1.71. The van der Waals surface area contributed by atoms with Crippen LogP contribution in [0.5, 0.6) is 0 Å². The van der Waals surface area contributed by atoms with Crippen LogP contribution in [0.1, 0.15) is 0 Å². The Labute approximate surface area is 77.8 Å². The van der Waals surface area contributed by atoms with Gasteiger partial charge in [0.15, 0.2) is 0 Å². The van der Waals surface area contributed by atoms with Crippen LogP contribution in [0.3, 0.4) is 0 Å². The van der Waals surface area contributed by atoms with E-state index in [0.717, 1.165) is 10.5 Å². The van der Waals surface area contributed by atoms with Crippen LogP contribution in [-0.2, 0) is 18.4 Å². The van der Waals surface area contributed by atoms with Crippen molar-refractivity contribution >= 4 is 13.5 Å². The molecule has 4 rings (SSSR count). The molecule has 3 saturated heterocycles. The molecule has 3 heterocycles. The smallest absolute Gasteiger partial charge is 0.222 e. The van der Waals surface area contributed by atoms with Gasteiger partial charge in [-0.1, -0.05) is 0 Å². The highest BCUT2D eigenvalue weighted by Gasteiger charge is 2.60. The van der Waals surface area contributed by atoms with Crippen molar-refractivity contribution in [2.45, 2.75) is 0 Å². The van der Waals surface area contributed by atoms with E-state index in [-0.39, 0.29) is 5.82 Å². The average molecular weight is 218 g/mol. The van der Waals surface area contributed by atoms with Gasteiger partial charge in [-0.2, -0.15) is 0 Å². The summed E-state index contributed by atoms with van der Waals surface area (Å²) in [6.07, 6.45) is 0. The van der Waals surface area contributed by atoms with Crippen molar-refractivity contribution in [3.8, 4) is 0 Å². The monoisotopic (exact) mass is 218 g/mol. The first-order chi connectivity index (χ1) is 6.66. The number of rotatable bonds is 1. The second-order valence-corrected chi connectivity index (χ2v) is 4.06. The van der Waals surface area contributed by atoms with E-state index >= 15 is 0 Å². The van der Waals surface area contributed by atoms with E-state index in [2.05, 4.69) is 9.25 Å². The third kappa shape index (κ3) is 1.08. The molecular weight excluding hydrogens is 214 g/mol. The summed E-state index contributed by atoms with van der Waals surface area (Å²) in [5.74, 6) is -0.372. The van der Waals surface area contributed by atoms with E-state index in [1.165, 1.54) is 24.3 Å². The average Bonchev–Trinajstić information content (AvgIpc) is 2.59. The van der Waals surface area contributed by atoms with E-state index in [1.54, 1.807) is 0 Å². The first kappa shape index (κ1) is 8.34. The number of nitrogens with zero attached hydrogens (tertiary/aromatic N) is 2. The number of hydrazine groups is 1. The Morgan fingerprint density at radius 3 is 2.29 bits per heavy atom. The van der Waals surface area contributed by atoms with Crippen molar-refractivity contribution in [1.29, 1.82) is 0 Å². The SMILES string of the molecule is O=P12ON(O1)N(c1ccc(F)cc1)O2. The van der Waals surface area contributed by atoms with Crippen LogP contribution in [0.2, 0.25) is 0 Å². The largest absolute Gasteiger partial charge is 0.538 e. The van der Waals surface area contributed by atoms with Crippen LogP contribution >= 0.6 is 7.82 Å². The number of hydrogen-bond acceptors (Lipinski definition) is 6. The fraction of sp³-hybridized carbons (Fsp3) is 0. The van der Waals surface area contributed by atoms with Gasteiger partial charge in [0.25, 0.3) is 0 Å². The van der Waals surface area contributed by atoms with Gasteiger partial charge in [0.05, 0.1) is 11.0 Å². The summed E-state index contributed by atoms with van der Waals surface area (Å²) in [5, 5.41) is 1.87. The molecule has 8 heteroatoms. The number of anilines is 1. The minimum Gasteiger partial charge on any atom is -0.222 e. The lowest BCUT2D eigenvalue weighted by atomic mass is 10.3. The second-order valence-electron chi connectivity index (χ2n) is 2.68. The fourth-order valence-corrected chi connectivity index (χ4v) is 2.00. The normalized spacial score (nSPS) is 34.4. The van der Waals surface area contributed by atoms with Crippen molar-refractivity contribution in [3.63, 3.8) is 0 Å². The minimum atomic E-state index is -3.38. The molecule has 0 aromatic heterocycles. The number of phosphoric acid groups is 1. The molecule has 0 amide bonds. The molecule has 0 spiro atoms. The Balaban J connectivity index is 1.91. The molecule has 0 radical (unpaired) electrons. The number of halogens is 1. The van der Waals surface area contributed by atoms with Crippen LogP contribution in [0.25, 0.3) is 0 Å². The quantitative estimate of drug-likeness (QED) is 0.669. The standard InChI is InChI=1S/C6H4FN2O4P/c7-5-1-3-6(4-2-5)8-9-12-14(10,11-8)13-9/h1-4H. The predicted molar refractivity (Wildman–Crippen MR) is 41.6 cm³/mol. The molecule has 3 aliphatic rings. The Morgan fingerprint density at radius 2 is 1.79 bits per heavy atom. The maximum Gasteiger partial charge on any atom is 0.538 e. The lowest BCUT2D eigenvalue weighted by Crippen LogP contribution is -2.34. The summed E-state index contributed by atoms with van der Waals surface area (Å²) in [5.41, 5.74) is 0.460. The summed E-state index contributed by atoms with van der Waals surface area (Å²) in [6, 6.07) is 5.36. The Bertz CT molecular complexity index is 414. The van der Waals surface area contributed by atoms with Gasteiger partial charge in [-0.25, -0.2) is 8.96 Å². The van der Waals surface area contributed by atoms with Crippen molar-refractivity contribution in [2.75, 3.05) is 5.17 Å². The summed E-state index contributed by atoms with van der Waals surface area (Å²) in [6.45, 7) is 0. The molecular formula is C6H4FN2O4P. The van der Waals surface area contributed by atoms with E-state index in [0.29, 0.717) is 5.69 Å². The molecule has 1 aromatic carbocycles. The molecule has 0 N–H and O–H groups in total. The lowest BCUT2D eigenvalue weighted by molar-refractivity contribution is -0.318. The molecule has 0 unspecified atom stereocenters. The molecule has 0 saturated carbocycles. The maximum atomic E-state index is 12.6. The summed E-state index contributed by atoms with van der Waals surface area (Å²) in [7, 11) is -3.38. The van der Waals surface area contributed by atoms with Crippen LogP contribution in [-0.4, -0.2) is 5.34 Å². The first-order valence-corrected chi connectivity index (χ1v) is 5.17. The zero-order chi connectivity index (χ0) is 9.76. The van der Waals surface area contributed by atoms with Crippen LogP contribution < -0.4 is 5.17 Å². The Kier molecular flexibility index (Phi) is 1.51. The van der Waals surface area contributed by atoms with Gasteiger partial charge in [0, 0.05) is 0 Å². The Morgan fingerprint density at radius 1 is 1.14 bits per heavy atom. The predicted octanol–water partition coefficient (Wildman–Crippen LogP) is 1.78. The second kappa shape index (κ2) is 2.53. The van der Waals surface area contributed by atoms with Gasteiger partial charge < -0.3 is 0 Å². The molecule has 6 nitrogen and oxygen atoms in total. The highest BCUT2D eigenvalue weighted by Crippen LogP contribution is 2.67. The Hall–Kier alpha value is -0.980. The molecule has 74 valence electrons. The molecule has 1 aromatic rings. The van der Waals surface area contributed by atoms with E-state index in [1.807, 2.05) is 0 Å². The zero-order valence-electron chi connectivity index (χ0n) is 6.66. The minimum absolute atomic E-state index is 0.372. The van der Waals surface area contributed by atoms with Crippen molar-refractivity contribution in [1.82, 2.24) is 5.34 Å². The maximum absolute atomic E-state index is 12.6. The lowest BCUT2D eigenvalue weighted by Gasteiger charge is -2.21. The highest BCUT2D eigenvalue weighted by molar-refractivity contribution is 7.49. The molecule has 0 aliphatic carbocycles. The van der Waals surface area contributed by atoms with Crippen LogP contribution in [0.15, 0.2) is 24.3 Å². The zero-order valence-corrected chi connectivity index (χ0v) is 7.56. The molecule has 3 aliphatic heterocycles. The van der Waals surface area contributed by atoms with Gasteiger partial charge >= 0.3 is 7.82 Å². The number of fused-ring (bicyclic) bond motifs is 1. The summed E-state index contributed by atoms with van der Waals surface area (Å²) in [4.78, 5) is 0. The van der Waals surface area contributed by atoms with E-state index in [4.69, 9.17) is 4.62 Å². The molecule has 3 fully saturated rings. The molecule has 14 heavy (non-hydrogen) atoms. The third-order valence-corrected chi connectivity index (χ3v) is 2.75. The van der Waals surface area contributed by atoms with Gasteiger partial charge in [-0.15, -0.1) is 19.0 Å². The first-order valence-electron chi connectivity index (χ1n) is 3.71. The van der Waals surface area contributed by atoms with Gasteiger partial charge in [0.2, 0.25) is 0 Å². The number of benzene rings is 1. The fourth-order valence-electron chi connectivity index (χ4n) is 1.11. The van der Waals surface area contributed by atoms with Crippen LogP contribution in [0, 0.1) is 5.82 Å². The number of hydrogen-bond donors (Lipinski definition) is 0. The van der Waals surface area contributed by atoms with E-state index in [9.17, 15) is 8.96 Å². The van der Waals surface area contributed by atoms with Gasteiger partial charge in [0.1, 0.15) is 5.82 Å². The molecule has 0 atom stereocenters. The van der Waals surface area contributed by atoms with Gasteiger partial charge in [-0.05, 0) is 24.3 Å². The van der Waals surface area contributed by atoms with Crippen molar-refractivity contribution in [2.24, 2.45) is 0 Å². The summed E-state index contributed by atoms with van der Waals surface area (Å²) >= 11 is 0. The van der Waals surface area contributed by atoms with Crippen LogP contribution in [0.4, 0.5) is 10.1 Å². The summed E-state index contributed by atoms with van der Waals surface area (Å²) < 4.78 is 37.7. The van der Waals surface area contributed by atoms with E-state index < -0.39 is 7.82 Å². The highest BCUT2D eigenvalue weighted by atomic mass is 31.2.